The third kappa shape index (κ3) is 4.32. The van der Waals surface area contributed by atoms with Crippen LogP contribution in [0.25, 0.3) is 11.5 Å². The van der Waals surface area contributed by atoms with Crippen LogP contribution in [0, 0.1) is 10.1 Å². The Hall–Kier alpha value is -3.76. The van der Waals surface area contributed by atoms with Gasteiger partial charge in [0.2, 0.25) is 11.8 Å². The molecule has 3 aromatic rings. The molecule has 0 saturated carbocycles. The van der Waals surface area contributed by atoms with E-state index < -0.39 is 22.6 Å². The summed E-state index contributed by atoms with van der Waals surface area (Å²) >= 11 is 0. The van der Waals surface area contributed by atoms with Crippen molar-refractivity contribution >= 4 is 11.6 Å². The van der Waals surface area contributed by atoms with Gasteiger partial charge in [-0.05, 0) is 43.2 Å². The summed E-state index contributed by atoms with van der Waals surface area (Å²) in [6.45, 7) is 0.667. The van der Waals surface area contributed by atoms with Crippen LogP contribution in [0.3, 0.4) is 0 Å². The summed E-state index contributed by atoms with van der Waals surface area (Å²) in [5.41, 5.74) is -0.686. The number of alkyl halides is 3. The molecule has 0 aliphatic carbocycles. The summed E-state index contributed by atoms with van der Waals surface area (Å²) in [4.78, 5) is 25.1. The summed E-state index contributed by atoms with van der Waals surface area (Å²) < 4.78 is 43.9. The molecule has 1 saturated heterocycles. The van der Waals surface area contributed by atoms with Gasteiger partial charge in [-0.2, -0.15) is 13.2 Å². The highest BCUT2D eigenvalue weighted by Gasteiger charge is 2.32. The number of nitrogens with zero attached hydrogens (tertiary/aromatic N) is 4. The maximum atomic E-state index is 12.9. The average molecular weight is 446 g/mol. The summed E-state index contributed by atoms with van der Waals surface area (Å²) in [6.07, 6.45) is -3.14. The number of benzene rings is 2. The largest absolute Gasteiger partial charge is 0.420 e. The molecule has 1 aliphatic rings. The first kappa shape index (κ1) is 21.5. The van der Waals surface area contributed by atoms with E-state index in [1.54, 1.807) is 6.07 Å². The van der Waals surface area contributed by atoms with Crippen molar-refractivity contribution in [3.63, 3.8) is 0 Å². The topological polar surface area (TPSA) is 102 Å². The normalized spacial score (nSPS) is 16.7. The highest BCUT2D eigenvalue weighted by Crippen LogP contribution is 2.33. The molecule has 1 aromatic heterocycles. The fourth-order valence-electron chi connectivity index (χ4n) is 3.67. The van der Waals surface area contributed by atoms with Crippen LogP contribution in [0.1, 0.15) is 40.6 Å². The Kier molecular flexibility index (Phi) is 5.64. The Bertz CT molecular complexity index is 1140. The zero-order valence-corrected chi connectivity index (χ0v) is 16.6. The lowest BCUT2D eigenvalue weighted by Crippen LogP contribution is -2.39. The number of likely N-dealkylation sites (tertiary alicyclic amines) is 1. The monoisotopic (exact) mass is 446 g/mol. The zero-order chi connectivity index (χ0) is 22.9. The van der Waals surface area contributed by atoms with Gasteiger partial charge in [0.05, 0.1) is 16.4 Å². The maximum absolute atomic E-state index is 12.9. The van der Waals surface area contributed by atoms with Gasteiger partial charge in [-0.1, -0.05) is 12.1 Å². The SMILES string of the molecule is O=C(c1ccccc1[N+](=O)[O-])N1CCCC(c2nnc(-c3ccc(C(F)(F)F)cc3)o2)C1. The van der Waals surface area contributed by atoms with Crippen molar-refractivity contribution in [2.24, 2.45) is 0 Å². The molecule has 32 heavy (non-hydrogen) atoms. The second-order valence-corrected chi connectivity index (χ2v) is 7.39. The van der Waals surface area contributed by atoms with E-state index in [-0.39, 0.29) is 35.5 Å². The van der Waals surface area contributed by atoms with Gasteiger partial charge < -0.3 is 9.32 Å². The number of hydrogen-bond donors (Lipinski definition) is 0. The molecule has 0 N–H and O–H groups in total. The lowest BCUT2D eigenvalue weighted by molar-refractivity contribution is -0.385. The Morgan fingerprint density at radius 1 is 1.12 bits per heavy atom. The number of carbonyl (C=O) groups excluding carboxylic acids is 1. The van der Waals surface area contributed by atoms with E-state index >= 15 is 0 Å². The summed E-state index contributed by atoms with van der Waals surface area (Å²) in [6, 6.07) is 10.1. The van der Waals surface area contributed by atoms with Crippen molar-refractivity contribution in [1.29, 1.82) is 0 Å². The first-order chi connectivity index (χ1) is 15.2. The van der Waals surface area contributed by atoms with Gasteiger partial charge in [-0.25, -0.2) is 0 Å². The van der Waals surface area contributed by atoms with E-state index in [0.717, 1.165) is 12.1 Å². The van der Waals surface area contributed by atoms with Crippen molar-refractivity contribution in [1.82, 2.24) is 15.1 Å². The summed E-state index contributed by atoms with van der Waals surface area (Å²) in [5, 5.41) is 19.2. The smallest absolute Gasteiger partial charge is 0.416 e. The van der Waals surface area contributed by atoms with Crippen molar-refractivity contribution in [3.8, 4) is 11.5 Å². The Balaban J connectivity index is 1.51. The van der Waals surface area contributed by atoms with E-state index in [2.05, 4.69) is 10.2 Å². The molecule has 11 heteroatoms. The average Bonchev–Trinajstić information content (AvgIpc) is 3.28. The minimum Gasteiger partial charge on any atom is -0.420 e. The van der Waals surface area contributed by atoms with E-state index in [1.165, 1.54) is 35.2 Å². The lowest BCUT2D eigenvalue weighted by atomic mass is 9.97. The highest BCUT2D eigenvalue weighted by molar-refractivity contribution is 5.98. The fraction of sp³-hybridized carbons (Fsp3) is 0.286. The van der Waals surface area contributed by atoms with E-state index in [0.29, 0.717) is 24.9 Å². The highest BCUT2D eigenvalue weighted by atomic mass is 19.4. The van der Waals surface area contributed by atoms with E-state index in [4.69, 9.17) is 4.42 Å². The van der Waals surface area contributed by atoms with Crippen LogP contribution < -0.4 is 0 Å². The quantitative estimate of drug-likeness (QED) is 0.426. The van der Waals surface area contributed by atoms with Gasteiger partial charge >= 0.3 is 6.18 Å². The van der Waals surface area contributed by atoms with Crippen LogP contribution >= 0.6 is 0 Å². The van der Waals surface area contributed by atoms with Crippen molar-refractivity contribution in [2.45, 2.75) is 24.9 Å². The molecule has 0 radical (unpaired) electrons. The van der Waals surface area contributed by atoms with Crippen LogP contribution in [-0.2, 0) is 6.18 Å². The van der Waals surface area contributed by atoms with Crippen LogP contribution in [-0.4, -0.2) is 39.0 Å². The molecule has 1 atom stereocenters. The maximum Gasteiger partial charge on any atom is 0.416 e. The number of nitro benzene ring substituents is 1. The number of carbonyl (C=O) groups is 1. The number of para-hydroxylation sites is 1. The number of amides is 1. The Morgan fingerprint density at radius 3 is 2.53 bits per heavy atom. The molecule has 1 unspecified atom stereocenters. The fourth-order valence-corrected chi connectivity index (χ4v) is 3.67. The molecule has 166 valence electrons. The third-order valence-corrected chi connectivity index (χ3v) is 5.29. The molecule has 2 heterocycles. The minimum absolute atomic E-state index is 0.00845. The molecular weight excluding hydrogens is 429 g/mol. The molecule has 1 amide bonds. The van der Waals surface area contributed by atoms with Gasteiger partial charge in [0.1, 0.15) is 5.56 Å². The van der Waals surface area contributed by atoms with Crippen LogP contribution in [0.4, 0.5) is 18.9 Å². The first-order valence-corrected chi connectivity index (χ1v) is 9.78. The summed E-state index contributed by atoms with van der Waals surface area (Å²) in [5.74, 6) is -0.397. The predicted octanol–water partition coefficient (Wildman–Crippen LogP) is 4.68. The summed E-state index contributed by atoms with van der Waals surface area (Å²) in [7, 11) is 0. The number of halogens is 3. The van der Waals surface area contributed by atoms with Crippen molar-refractivity contribution < 1.29 is 27.3 Å². The Labute approximate surface area is 179 Å². The molecule has 4 rings (SSSR count). The second kappa shape index (κ2) is 8.40. The number of hydrogen-bond acceptors (Lipinski definition) is 6. The van der Waals surface area contributed by atoms with Gasteiger partial charge in [0.15, 0.2) is 0 Å². The standard InChI is InChI=1S/C21H17F3N4O4/c22-21(23,24)15-9-7-13(8-10-15)18-25-26-19(32-18)14-4-3-11-27(12-14)20(29)16-5-1-2-6-17(16)28(30)31/h1-2,5-10,14H,3-4,11-12H2. The molecule has 1 fully saturated rings. The van der Waals surface area contributed by atoms with Gasteiger partial charge in [0, 0.05) is 24.7 Å². The van der Waals surface area contributed by atoms with Crippen molar-refractivity contribution in [3.05, 3.63) is 75.7 Å². The molecule has 0 spiro atoms. The number of aromatic nitrogens is 2. The van der Waals surface area contributed by atoms with Crippen LogP contribution in [0.15, 0.2) is 52.9 Å². The van der Waals surface area contributed by atoms with E-state index in [1.807, 2.05) is 0 Å². The molecule has 8 nitrogen and oxygen atoms in total. The van der Waals surface area contributed by atoms with Gasteiger partial charge in [-0.15, -0.1) is 10.2 Å². The molecule has 2 aromatic carbocycles. The Morgan fingerprint density at radius 2 is 1.84 bits per heavy atom. The number of piperidine rings is 1. The molecule has 0 bridgehead atoms. The minimum atomic E-state index is -4.44. The molecule has 1 aliphatic heterocycles. The predicted molar refractivity (Wildman–Crippen MR) is 106 cm³/mol. The third-order valence-electron chi connectivity index (χ3n) is 5.29. The van der Waals surface area contributed by atoms with Crippen LogP contribution in [0.5, 0.6) is 0 Å². The molecular formula is C21H17F3N4O4. The van der Waals surface area contributed by atoms with Gasteiger partial charge in [-0.3, -0.25) is 14.9 Å². The zero-order valence-electron chi connectivity index (χ0n) is 16.6. The number of rotatable bonds is 4. The van der Waals surface area contributed by atoms with Gasteiger partial charge in [0.25, 0.3) is 11.6 Å². The lowest BCUT2D eigenvalue weighted by Gasteiger charge is -2.31. The second-order valence-electron chi connectivity index (χ2n) is 7.39. The number of nitro groups is 1. The van der Waals surface area contributed by atoms with Crippen LogP contribution in [0.2, 0.25) is 0 Å². The van der Waals surface area contributed by atoms with E-state index in [9.17, 15) is 28.1 Å². The van der Waals surface area contributed by atoms with Crippen molar-refractivity contribution in [2.75, 3.05) is 13.1 Å². The first-order valence-electron chi connectivity index (χ1n) is 9.78.